The highest BCUT2D eigenvalue weighted by Crippen LogP contribution is 2.43. The summed E-state index contributed by atoms with van der Waals surface area (Å²) < 4.78 is 0. The van der Waals surface area contributed by atoms with Gasteiger partial charge in [-0.15, -0.1) is 0 Å². The van der Waals surface area contributed by atoms with Crippen LogP contribution in [-0.4, -0.2) is 0 Å². The Balaban J connectivity index is 1.67. The van der Waals surface area contributed by atoms with Crippen molar-refractivity contribution >= 4 is 0 Å². The number of rotatable bonds is 8. The number of hydrogen-bond acceptors (Lipinski definition) is 0. The SMILES string of the molecule is CCCCCC1CCCC(C2CCC(CCCC)CC2)C1. The van der Waals surface area contributed by atoms with Gasteiger partial charge in [-0.2, -0.15) is 0 Å². The molecule has 0 amide bonds. The Morgan fingerprint density at radius 3 is 2.05 bits per heavy atom. The summed E-state index contributed by atoms with van der Waals surface area (Å²) in [5.74, 6) is 4.40. The molecule has 0 heteroatoms. The molecule has 21 heavy (non-hydrogen) atoms. The van der Waals surface area contributed by atoms with Crippen LogP contribution >= 0.6 is 0 Å². The molecule has 0 spiro atoms. The molecule has 0 saturated heterocycles. The molecule has 0 aromatic carbocycles. The molecule has 2 fully saturated rings. The van der Waals surface area contributed by atoms with Gasteiger partial charge in [-0.05, 0) is 42.9 Å². The first-order valence-electron chi connectivity index (χ1n) is 10.3. The Bertz CT molecular complexity index is 249. The lowest BCUT2D eigenvalue weighted by Gasteiger charge is -2.38. The molecule has 0 radical (unpaired) electrons. The molecule has 2 aliphatic carbocycles. The van der Waals surface area contributed by atoms with Crippen LogP contribution in [0.4, 0.5) is 0 Å². The average molecular weight is 293 g/mol. The Kier molecular flexibility index (Phi) is 8.19. The maximum Gasteiger partial charge on any atom is -0.0383 e. The van der Waals surface area contributed by atoms with Crippen LogP contribution in [0.1, 0.15) is 110 Å². The summed E-state index contributed by atoms with van der Waals surface area (Å²) in [5, 5.41) is 0. The van der Waals surface area contributed by atoms with E-state index in [2.05, 4.69) is 13.8 Å². The van der Waals surface area contributed by atoms with Crippen molar-refractivity contribution in [2.45, 2.75) is 110 Å². The summed E-state index contributed by atoms with van der Waals surface area (Å²) in [5.41, 5.74) is 0. The van der Waals surface area contributed by atoms with E-state index in [-0.39, 0.29) is 0 Å². The molecule has 0 aliphatic heterocycles. The average Bonchev–Trinajstić information content (AvgIpc) is 2.54. The van der Waals surface area contributed by atoms with Crippen molar-refractivity contribution < 1.29 is 0 Å². The lowest BCUT2D eigenvalue weighted by Crippen LogP contribution is -2.26. The van der Waals surface area contributed by atoms with Crippen LogP contribution in [0.5, 0.6) is 0 Å². The first-order valence-corrected chi connectivity index (χ1v) is 10.3. The monoisotopic (exact) mass is 292 g/mol. The minimum Gasteiger partial charge on any atom is -0.0654 e. The second-order valence-corrected chi connectivity index (χ2v) is 8.21. The van der Waals surface area contributed by atoms with Gasteiger partial charge in [0.2, 0.25) is 0 Å². The van der Waals surface area contributed by atoms with Crippen molar-refractivity contribution in [2.75, 3.05) is 0 Å². The Morgan fingerprint density at radius 2 is 1.33 bits per heavy atom. The van der Waals surface area contributed by atoms with Gasteiger partial charge < -0.3 is 0 Å². The van der Waals surface area contributed by atoms with Crippen LogP contribution in [0.3, 0.4) is 0 Å². The summed E-state index contributed by atoms with van der Waals surface area (Å²) >= 11 is 0. The number of unbranched alkanes of at least 4 members (excludes halogenated alkanes) is 3. The predicted octanol–water partition coefficient (Wildman–Crippen LogP) is 7.37. The van der Waals surface area contributed by atoms with Crippen molar-refractivity contribution in [2.24, 2.45) is 23.7 Å². The first kappa shape index (κ1) is 17.4. The van der Waals surface area contributed by atoms with Crippen LogP contribution in [0.25, 0.3) is 0 Å². The molecule has 2 saturated carbocycles. The summed E-state index contributed by atoms with van der Waals surface area (Å²) in [4.78, 5) is 0. The van der Waals surface area contributed by atoms with Crippen molar-refractivity contribution in [3.63, 3.8) is 0 Å². The van der Waals surface area contributed by atoms with E-state index >= 15 is 0 Å². The quantitative estimate of drug-likeness (QED) is 0.410. The van der Waals surface area contributed by atoms with E-state index in [1.165, 1.54) is 51.4 Å². The van der Waals surface area contributed by atoms with Crippen LogP contribution in [0.2, 0.25) is 0 Å². The molecule has 0 heterocycles. The van der Waals surface area contributed by atoms with E-state index in [9.17, 15) is 0 Å². The van der Waals surface area contributed by atoms with E-state index in [1.807, 2.05) is 0 Å². The molecule has 124 valence electrons. The lowest BCUT2D eigenvalue weighted by atomic mass is 9.67. The smallest absolute Gasteiger partial charge is 0.0383 e. The van der Waals surface area contributed by atoms with Gasteiger partial charge in [0.25, 0.3) is 0 Å². The van der Waals surface area contributed by atoms with Crippen molar-refractivity contribution in [1.82, 2.24) is 0 Å². The zero-order valence-corrected chi connectivity index (χ0v) is 14.9. The molecule has 0 aromatic rings. The van der Waals surface area contributed by atoms with Crippen LogP contribution in [0, 0.1) is 23.7 Å². The van der Waals surface area contributed by atoms with E-state index in [4.69, 9.17) is 0 Å². The zero-order valence-electron chi connectivity index (χ0n) is 14.9. The van der Waals surface area contributed by atoms with Gasteiger partial charge in [0.1, 0.15) is 0 Å². The summed E-state index contributed by atoms with van der Waals surface area (Å²) in [6.07, 6.45) is 22.8. The third-order valence-corrected chi connectivity index (χ3v) is 6.56. The highest BCUT2D eigenvalue weighted by atomic mass is 14.4. The fourth-order valence-corrected chi connectivity index (χ4v) is 5.15. The molecule has 2 rings (SSSR count). The molecular weight excluding hydrogens is 252 g/mol. The zero-order chi connectivity index (χ0) is 14.9. The second-order valence-electron chi connectivity index (χ2n) is 8.21. The molecule has 0 aromatic heterocycles. The normalized spacial score (nSPS) is 34.0. The summed E-state index contributed by atoms with van der Waals surface area (Å²) in [6.45, 7) is 4.67. The van der Waals surface area contributed by atoms with E-state index in [1.54, 1.807) is 44.9 Å². The molecule has 0 bridgehead atoms. The third kappa shape index (κ3) is 5.95. The fraction of sp³-hybridized carbons (Fsp3) is 1.00. The predicted molar refractivity (Wildman–Crippen MR) is 94.6 cm³/mol. The Morgan fingerprint density at radius 1 is 0.619 bits per heavy atom. The van der Waals surface area contributed by atoms with E-state index in [0.29, 0.717) is 0 Å². The molecular formula is C21H40. The van der Waals surface area contributed by atoms with Gasteiger partial charge in [0, 0.05) is 0 Å². The summed E-state index contributed by atoms with van der Waals surface area (Å²) in [6, 6.07) is 0. The van der Waals surface area contributed by atoms with Crippen LogP contribution in [-0.2, 0) is 0 Å². The Labute approximate surface area is 134 Å². The van der Waals surface area contributed by atoms with Crippen molar-refractivity contribution in [3.05, 3.63) is 0 Å². The largest absolute Gasteiger partial charge is 0.0654 e. The van der Waals surface area contributed by atoms with Gasteiger partial charge in [0.05, 0.1) is 0 Å². The first-order chi connectivity index (χ1) is 10.3. The summed E-state index contributed by atoms with van der Waals surface area (Å²) in [7, 11) is 0. The molecule has 2 aliphatic rings. The van der Waals surface area contributed by atoms with Crippen molar-refractivity contribution in [3.8, 4) is 0 Å². The third-order valence-electron chi connectivity index (χ3n) is 6.56. The maximum absolute atomic E-state index is 2.34. The van der Waals surface area contributed by atoms with Gasteiger partial charge in [-0.25, -0.2) is 0 Å². The van der Waals surface area contributed by atoms with E-state index < -0.39 is 0 Å². The van der Waals surface area contributed by atoms with Gasteiger partial charge in [-0.1, -0.05) is 90.9 Å². The lowest BCUT2D eigenvalue weighted by molar-refractivity contribution is 0.132. The molecule has 2 atom stereocenters. The van der Waals surface area contributed by atoms with Crippen LogP contribution < -0.4 is 0 Å². The highest BCUT2D eigenvalue weighted by molar-refractivity contribution is 4.82. The van der Waals surface area contributed by atoms with Crippen molar-refractivity contribution in [1.29, 1.82) is 0 Å². The fourth-order valence-electron chi connectivity index (χ4n) is 5.15. The molecule has 2 unspecified atom stereocenters. The molecule has 0 nitrogen and oxygen atoms in total. The van der Waals surface area contributed by atoms with Crippen LogP contribution in [0.15, 0.2) is 0 Å². The van der Waals surface area contributed by atoms with Gasteiger partial charge in [0.15, 0.2) is 0 Å². The Hall–Kier alpha value is 0. The topological polar surface area (TPSA) is 0 Å². The second kappa shape index (κ2) is 9.90. The minimum absolute atomic E-state index is 1.09. The molecule has 0 N–H and O–H groups in total. The van der Waals surface area contributed by atoms with E-state index in [0.717, 1.165) is 23.7 Å². The standard InChI is InChI=1S/C21H40/c1-3-5-7-10-19-11-8-12-21(17-19)20-15-13-18(14-16-20)9-6-4-2/h18-21H,3-17H2,1-2H3. The maximum atomic E-state index is 2.34. The van der Waals surface area contributed by atoms with Gasteiger partial charge >= 0.3 is 0 Å². The van der Waals surface area contributed by atoms with Gasteiger partial charge in [-0.3, -0.25) is 0 Å². The number of hydrogen-bond donors (Lipinski definition) is 0. The minimum atomic E-state index is 1.09. The highest BCUT2D eigenvalue weighted by Gasteiger charge is 2.31.